The van der Waals surface area contributed by atoms with Gasteiger partial charge in [-0.05, 0) is 37.6 Å². The Labute approximate surface area is 108 Å². The minimum absolute atomic E-state index is 0.204. The zero-order valence-corrected chi connectivity index (χ0v) is 10.4. The van der Waals surface area contributed by atoms with Crippen molar-refractivity contribution < 1.29 is 0 Å². The molecule has 1 aromatic carbocycles. The van der Waals surface area contributed by atoms with Crippen molar-refractivity contribution >= 4 is 0 Å². The molecule has 1 unspecified atom stereocenters. The Bertz CT molecular complexity index is 438. The maximum atomic E-state index is 4.45. The summed E-state index contributed by atoms with van der Waals surface area (Å²) in [6.07, 6.45) is 6.20. The van der Waals surface area contributed by atoms with E-state index in [0.717, 1.165) is 18.9 Å². The van der Waals surface area contributed by atoms with Gasteiger partial charge in [0.25, 0.3) is 0 Å². The molecule has 0 saturated carbocycles. The summed E-state index contributed by atoms with van der Waals surface area (Å²) in [5.41, 5.74) is 1.28. The van der Waals surface area contributed by atoms with E-state index in [1.165, 1.54) is 18.4 Å². The van der Waals surface area contributed by atoms with Crippen LogP contribution in [0.5, 0.6) is 0 Å². The zero-order chi connectivity index (χ0) is 12.2. The fourth-order valence-electron chi connectivity index (χ4n) is 2.61. The summed E-state index contributed by atoms with van der Waals surface area (Å²) in [7, 11) is 0. The van der Waals surface area contributed by atoms with E-state index in [-0.39, 0.29) is 6.04 Å². The summed E-state index contributed by atoms with van der Waals surface area (Å²) < 4.78 is 0. The Morgan fingerprint density at radius 3 is 2.22 bits per heavy atom. The van der Waals surface area contributed by atoms with Gasteiger partial charge in [-0.2, -0.15) is 0 Å². The lowest BCUT2D eigenvalue weighted by atomic mass is 10.0. The van der Waals surface area contributed by atoms with Crippen molar-refractivity contribution in [3.05, 3.63) is 60.2 Å². The minimum atomic E-state index is 0.204. The number of hydrogen-bond acceptors (Lipinski definition) is 3. The fourth-order valence-corrected chi connectivity index (χ4v) is 2.61. The number of hydrogen-bond donors (Lipinski definition) is 0. The van der Waals surface area contributed by atoms with E-state index >= 15 is 0 Å². The second-order valence-corrected chi connectivity index (χ2v) is 4.66. The van der Waals surface area contributed by atoms with Gasteiger partial charge in [-0.15, -0.1) is 0 Å². The van der Waals surface area contributed by atoms with Gasteiger partial charge in [0.15, 0.2) is 0 Å². The highest BCUT2D eigenvalue weighted by Crippen LogP contribution is 2.28. The molecule has 3 nitrogen and oxygen atoms in total. The second-order valence-electron chi connectivity index (χ2n) is 4.66. The SMILES string of the molecule is c1ccc(C(c2ncccn2)N2CCCC2)cc1. The van der Waals surface area contributed by atoms with Gasteiger partial charge in [0.2, 0.25) is 0 Å². The van der Waals surface area contributed by atoms with E-state index < -0.39 is 0 Å². The molecule has 3 rings (SSSR count). The van der Waals surface area contributed by atoms with Crippen molar-refractivity contribution in [2.75, 3.05) is 13.1 Å². The molecule has 1 aliphatic heterocycles. The summed E-state index contributed by atoms with van der Waals surface area (Å²) >= 11 is 0. The fraction of sp³-hybridized carbons (Fsp3) is 0.333. The van der Waals surface area contributed by atoms with E-state index in [2.05, 4.69) is 45.2 Å². The van der Waals surface area contributed by atoms with Gasteiger partial charge in [-0.3, -0.25) is 4.90 Å². The van der Waals surface area contributed by atoms with Crippen LogP contribution in [-0.2, 0) is 0 Å². The predicted molar refractivity (Wildman–Crippen MR) is 71.1 cm³/mol. The topological polar surface area (TPSA) is 29.0 Å². The maximum Gasteiger partial charge on any atom is 0.149 e. The van der Waals surface area contributed by atoms with Crippen LogP contribution in [0.4, 0.5) is 0 Å². The summed E-state index contributed by atoms with van der Waals surface area (Å²) in [5, 5.41) is 0. The first-order chi connectivity index (χ1) is 8.95. The molecule has 1 atom stereocenters. The van der Waals surface area contributed by atoms with Crippen LogP contribution in [0.15, 0.2) is 48.8 Å². The summed E-state index contributed by atoms with van der Waals surface area (Å²) in [6.45, 7) is 2.27. The Balaban J connectivity index is 1.98. The molecule has 1 aromatic heterocycles. The molecule has 1 aliphatic rings. The van der Waals surface area contributed by atoms with Crippen molar-refractivity contribution in [1.82, 2.24) is 14.9 Å². The van der Waals surface area contributed by atoms with Crippen molar-refractivity contribution in [2.24, 2.45) is 0 Å². The van der Waals surface area contributed by atoms with Crippen molar-refractivity contribution in [1.29, 1.82) is 0 Å². The van der Waals surface area contributed by atoms with Crippen LogP contribution in [0.2, 0.25) is 0 Å². The first kappa shape index (κ1) is 11.4. The van der Waals surface area contributed by atoms with Crippen LogP contribution < -0.4 is 0 Å². The van der Waals surface area contributed by atoms with Gasteiger partial charge in [0.1, 0.15) is 5.82 Å². The van der Waals surface area contributed by atoms with Gasteiger partial charge in [-0.1, -0.05) is 30.3 Å². The molecule has 0 amide bonds. The Hall–Kier alpha value is -1.74. The van der Waals surface area contributed by atoms with Crippen LogP contribution in [0.3, 0.4) is 0 Å². The third kappa shape index (κ3) is 2.27. The van der Waals surface area contributed by atoms with Gasteiger partial charge < -0.3 is 0 Å². The Morgan fingerprint density at radius 2 is 1.56 bits per heavy atom. The number of likely N-dealkylation sites (tertiary alicyclic amines) is 1. The molecule has 2 heterocycles. The highest BCUT2D eigenvalue weighted by Gasteiger charge is 2.26. The van der Waals surface area contributed by atoms with Crippen LogP contribution in [-0.4, -0.2) is 28.0 Å². The van der Waals surface area contributed by atoms with Crippen LogP contribution in [0.1, 0.15) is 30.3 Å². The lowest BCUT2D eigenvalue weighted by molar-refractivity contribution is 0.271. The molecular weight excluding hydrogens is 222 g/mol. The Kier molecular flexibility index (Phi) is 3.33. The monoisotopic (exact) mass is 239 g/mol. The van der Waals surface area contributed by atoms with E-state index in [1.54, 1.807) is 0 Å². The molecule has 0 bridgehead atoms. The number of rotatable bonds is 3. The average Bonchev–Trinajstić information content (AvgIpc) is 2.95. The standard InChI is InChI=1S/C15H17N3/c1-2-7-13(8-3-1)14(18-11-4-5-12-18)15-16-9-6-10-17-15/h1-3,6-10,14H,4-5,11-12H2. The van der Waals surface area contributed by atoms with Crippen molar-refractivity contribution in [3.8, 4) is 0 Å². The molecule has 0 aliphatic carbocycles. The highest BCUT2D eigenvalue weighted by molar-refractivity contribution is 5.25. The van der Waals surface area contributed by atoms with Crippen molar-refractivity contribution in [3.63, 3.8) is 0 Å². The van der Waals surface area contributed by atoms with E-state index in [1.807, 2.05) is 18.5 Å². The molecule has 1 saturated heterocycles. The van der Waals surface area contributed by atoms with Gasteiger partial charge in [-0.25, -0.2) is 9.97 Å². The smallest absolute Gasteiger partial charge is 0.149 e. The summed E-state index contributed by atoms with van der Waals surface area (Å²) in [6, 6.07) is 12.6. The predicted octanol–water partition coefficient (Wildman–Crippen LogP) is 2.66. The Morgan fingerprint density at radius 1 is 0.889 bits per heavy atom. The van der Waals surface area contributed by atoms with E-state index in [9.17, 15) is 0 Å². The quantitative estimate of drug-likeness (QED) is 0.824. The second kappa shape index (κ2) is 5.27. The summed E-state index contributed by atoms with van der Waals surface area (Å²) in [4.78, 5) is 11.4. The number of nitrogens with zero attached hydrogens (tertiary/aromatic N) is 3. The van der Waals surface area contributed by atoms with Crippen LogP contribution in [0.25, 0.3) is 0 Å². The largest absolute Gasteiger partial charge is 0.290 e. The normalized spacial score (nSPS) is 17.8. The molecule has 1 fully saturated rings. The minimum Gasteiger partial charge on any atom is -0.290 e. The third-order valence-corrected chi connectivity index (χ3v) is 3.45. The third-order valence-electron chi connectivity index (χ3n) is 3.45. The number of aromatic nitrogens is 2. The molecule has 0 radical (unpaired) electrons. The molecule has 2 aromatic rings. The lowest BCUT2D eigenvalue weighted by Crippen LogP contribution is -2.28. The molecule has 18 heavy (non-hydrogen) atoms. The first-order valence-electron chi connectivity index (χ1n) is 6.51. The lowest BCUT2D eigenvalue weighted by Gasteiger charge is -2.26. The van der Waals surface area contributed by atoms with Gasteiger partial charge in [0, 0.05) is 12.4 Å². The average molecular weight is 239 g/mol. The highest BCUT2D eigenvalue weighted by atomic mass is 15.2. The van der Waals surface area contributed by atoms with Gasteiger partial charge >= 0.3 is 0 Å². The first-order valence-corrected chi connectivity index (χ1v) is 6.51. The van der Waals surface area contributed by atoms with Gasteiger partial charge in [0.05, 0.1) is 6.04 Å². The van der Waals surface area contributed by atoms with E-state index in [0.29, 0.717) is 0 Å². The summed E-state index contributed by atoms with van der Waals surface area (Å²) in [5.74, 6) is 0.908. The molecule has 3 heteroatoms. The molecule has 92 valence electrons. The van der Waals surface area contributed by atoms with Crippen LogP contribution >= 0.6 is 0 Å². The molecule has 0 N–H and O–H groups in total. The zero-order valence-electron chi connectivity index (χ0n) is 10.4. The van der Waals surface area contributed by atoms with Crippen molar-refractivity contribution in [2.45, 2.75) is 18.9 Å². The molecular formula is C15H17N3. The number of benzene rings is 1. The van der Waals surface area contributed by atoms with E-state index in [4.69, 9.17) is 0 Å². The molecule has 0 spiro atoms. The van der Waals surface area contributed by atoms with Crippen LogP contribution in [0, 0.1) is 0 Å². The maximum absolute atomic E-state index is 4.45.